The SMILES string of the molecule is CC(=O)Nc1nc(C(C)(CO)c2ccc(Br)cc2)cs1. The molecule has 2 rings (SSSR count). The Bertz CT molecular complexity index is 612. The average Bonchev–Trinajstić information content (AvgIpc) is 2.87. The molecule has 0 aliphatic carbocycles. The summed E-state index contributed by atoms with van der Waals surface area (Å²) in [5.74, 6) is -0.153. The zero-order valence-corrected chi connectivity index (χ0v) is 13.6. The molecule has 2 aromatic rings. The molecular formula is C14H15BrN2O2S. The molecule has 6 heteroatoms. The normalized spacial score (nSPS) is 13.8. The van der Waals surface area contributed by atoms with Crippen molar-refractivity contribution in [1.82, 2.24) is 4.98 Å². The molecule has 20 heavy (non-hydrogen) atoms. The smallest absolute Gasteiger partial charge is 0.223 e. The van der Waals surface area contributed by atoms with Crippen LogP contribution in [0.1, 0.15) is 25.1 Å². The van der Waals surface area contributed by atoms with Crippen molar-refractivity contribution in [1.29, 1.82) is 0 Å². The lowest BCUT2D eigenvalue weighted by molar-refractivity contribution is -0.114. The first-order valence-electron chi connectivity index (χ1n) is 6.06. The van der Waals surface area contributed by atoms with Crippen LogP contribution in [0.3, 0.4) is 0 Å². The summed E-state index contributed by atoms with van der Waals surface area (Å²) >= 11 is 4.75. The van der Waals surface area contributed by atoms with E-state index >= 15 is 0 Å². The number of aliphatic hydroxyl groups excluding tert-OH is 1. The zero-order valence-electron chi connectivity index (χ0n) is 11.2. The van der Waals surface area contributed by atoms with Crippen molar-refractivity contribution in [3.8, 4) is 0 Å². The van der Waals surface area contributed by atoms with E-state index in [1.807, 2.05) is 36.6 Å². The van der Waals surface area contributed by atoms with E-state index in [4.69, 9.17) is 0 Å². The van der Waals surface area contributed by atoms with Crippen LogP contribution < -0.4 is 5.32 Å². The Morgan fingerprint density at radius 1 is 1.45 bits per heavy atom. The number of hydrogen-bond acceptors (Lipinski definition) is 4. The molecule has 0 fully saturated rings. The van der Waals surface area contributed by atoms with Crippen molar-refractivity contribution in [3.63, 3.8) is 0 Å². The fourth-order valence-corrected chi connectivity index (χ4v) is 3.03. The van der Waals surface area contributed by atoms with Gasteiger partial charge in [-0.3, -0.25) is 4.79 Å². The van der Waals surface area contributed by atoms with Crippen LogP contribution in [0.4, 0.5) is 5.13 Å². The lowest BCUT2D eigenvalue weighted by Gasteiger charge is -2.26. The molecule has 1 amide bonds. The van der Waals surface area contributed by atoms with Crippen molar-refractivity contribution in [2.45, 2.75) is 19.3 Å². The molecule has 0 bridgehead atoms. The first-order valence-corrected chi connectivity index (χ1v) is 7.73. The molecular weight excluding hydrogens is 340 g/mol. The average molecular weight is 355 g/mol. The molecule has 1 unspecified atom stereocenters. The molecule has 0 radical (unpaired) electrons. The molecule has 1 atom stereocenters. The lowest BCUT2D eigenvalue weighted by atomic mass is 9.81. The molecule has 1 aromatic carbocycles. The third-order valence-corrected chi connectivity index (χ3v) is 4.44. The van der Waals surface area contributed by atoms with Crippen LogP contribution in [0.25, 0.3) is 0 Å². The van der Waals surface area contributed by atoms with E-state index in [-0.39, 0.29) is 12.5 Å². The Balaban J connectivity index is 2.37. The van der Waals surface area contributed by atoms with Gasteiger partial charge in [0.25, 0.3) is 0 Å². The number of carbonyl (C=O) groups is 1. The molecule has 0 saturated carbocycles. The highest BCUT2D eigenvalue weighted by Crippen LogP contribution is 2.34. The van der Waals surface area contributed by atoms with Crippen molar-refractivity contribution in [2.24, 2.45) is 0 Å². The van der Waals surface area contributed by atoms with E-state index in [0.29, 0.717) is 5.13 Å². The number of anilines is 1. The van der Waals surface area contributed by atoms with Crippen LogP contribution >= 0.6 is 27.3 Å². The van der Waals surface area contributed by atoms with Crippen molar-refractivity contribution < 1.29 is 9.90 Å². The quantitative estimate of drug-likeness (QED) is 0.886. The van der Waals surface area contributed by atoms with Gasteiger partial charge in [-0.25, -0.2) is 4.98 Å². The first kappa shape index (κ1) is 15.2. The van der Waals surface area contributed by atoms with Crippen LogP contribution in [0.15, 0.2) is 34.1 Å². The molecule has 106 valence electrons. The maximum absolute atomic E-state index is 11.1. The number of benzene rings is 1. The molecule has 0 aliphatic heterocycles. The number of carbonyl (C=O) groups excluding carboxylic acids is 1. The predicted molar refractivity (Wildman–Crippen MR) is 84.1 cm³/mol. The van der Waals surface area contributed by atoms with Gasteiger partial charge >= 0.3 is 0 Å². The number of halogens is 1. The number of amides is 1. The Labute approximate surface area is 130 Å². The fraction of sp³-hybridized carbons (Fsp3) is 0.286. The van der Waals surface area contributed by atoms with E-state index in [1.165, 1.54) is 18.3 Å². The number of nitrogens with one attached hydrogen (secondary N) is 1. The molecule has 0 aliphatic rings. The molecule has 4 nitrogen and oxygen atoms in total. The summed E-state index contributed by atoms with van der Waals surface area (Å²) in [6.07, 6.45) is 0. The Kier molecular flexibility index (Phi) is 4.57. The predicted octanol–water partition coefficient (Wildman–Crippen LogP) is 3.16. The number of aromatic nitrogens is 1. The second kappa shape index (κ2) is 6.03. The molecule has 0 saturated heterocycles. The van der Waals surface area contributed by atoms with E-state index in [9.17, 15) is 9.90 Å². The van der Waals surface area contributed by atoms with E-state index in [0.717, 1.165) is 15.7 Å². The van der Waals surface area contributed by atoms with Crippen molar-refractivity contribution in [2.75, 3.05) is 11.9 Å². The summed E-state index contributed by atoms with van der Waals surface area (Å²) in [5.41, 5.74) is 1.13. The summed E-state index contributed by atoms with van der Waals surface area (Å²) in [7, 11) is 0. The van der Waals surface area contributed by atoms with Crippen molar-refractivity contribution in [3.05, 3.63) is 45.4 Å². The monoisotopic (exact) mass is 354 g/mol. The van der Waals surface area contributed by atoms with E-state index in [2.05, 4.69) is 26.2 Å². The van der Waals surface area contributed by atoms with Gasteiger partial charge in [-0.1, -0.05) is 28.1 Å². The first-order chi connectivity index (χ1) is 9.45. The standard InChI is InChI=1S/C14H15BrN2O2S/c1-9(19)16-13-17-12(7-20-13)14(2,8-18)10-3-5-11(15)6-4-10/h3-7,18H,8H2,1-2H3,(H,16,17,19). The van der Waals surface area contributed by atoms with Crippen molar-refractivity contribution >= 4 is 38.3 Å². The molecule has 0 spiro atoms. The third-order valence-electron chi connectivity index (χ3n) is 3.15. The second-order valence-electron chi connectivity index (χ2n) is 4.72. The summed E-state index contributed by atoms with van der Waals surface area (Å²) in [6.45, 7) is 3.32. The number of nitrogens with zero attached hydrogens (tertiary/aromatic N) is 1. The minimum absolute atomic E-state index is 0.0577. The maximum atomic E-state index is 11.1. The largest absolute Gasteiger partial charge is 0.395 e. The van der Waals surface area contributed by atoms with E-state index in [1.54, 1.807) is 0 Å². The summed E-state index contributed by atoms with van der Waals surface area (Å²) < 4.78 is 0.985. The maximum Gasteiger partial charge on any atom is 0.223 e. The zero-order chi connectivity index (χ0) is 14.8. The highest BCUT2D eigenvalue weighted by Gasteiger charge is 2.31. The number of thiazole rings is 1. The summed E-state index contributed by atoms with van der Waals surface area (Å²) in [6, 6.07) is 7.78. The summed E-state index contributed by atoms with van der Waals surface area (Å²) in [4.78, 5) is 15.5. The number of hydrogen-bond donors (Lipinski definition) is 2. The highest BCUT2D eigenvalue weighted by atomic mass is 79.9. The van der Waals surface area contributed by atoms with Gasteiger partial charge in [0, 0.05) is 16.8 Å². The molecule has 2 N–H and O–H groups in total. The topological polar surface area (TPSA) is 62.2 Å². The van der Waals surface area contributed by atoms with E-state index < -0.39 is 5.41 Å². The van der Waals surface area contributed by atoms with Gasteiger partial charge in [-0.15, -0.1) is 11.3 Å². The van der Waals surface area contributed by atoms with Gasteiger partial charge in [0.05, 0.1) is 17.7 Å². The van der Waals surface area contributed by atoms with Gasteiger partial charge in [0.15, 0.2) is 5.13 Å². The molecule has 1 heterocycles. The Hall–Kier alpha value is -1.24. The van der Waals surface area contributed by atoms with Crippen LogP contribution in [-0.2, 0) is 10.2 Å². The minimum atomic E-state index is -0.589. The second-order valence-corrected chi connectivity index (χ2v) is 6.49. The lowest BCUT2D eigenvalue weighted by Crippen LogP contribution is -2.28. The molecule has 1 aromatic heterocycles. The van der Waals surface area contributed by atoms with Gasteiger partial charge in [-0.2, -0.15) is 0 Å². The number of aliphatic hydroxyl groups is 1. The minimum Gasteiger partial charge on any atom is -0.395 e. The third kappa shape index (κ3) is 3.08. The van der Waals surface area contributed by atoms with Crippen LogP contribution in [0.2, 0.25) is 0 Å². The van der Waals surface area contributed by atoms with Gasteiger partial charge in [-0.05, 0) is 24.6 Å². The van der Waals surface area contributed by atoms with Crippen LogP contribution in [0.5, 0.6) is 0 Å². The van der Waals surface area contributed by atoms with Gasteiger partial charge < -0.3 is 10.4 Å². The fourth-order valence-electron chi connectivity index (χ4n) is 1.87. The van der Waals surface area contributed by atoms with Crippen LogP contribution in [-0.4, -0.2) is 22.6 Å². The summed E-state index contributed by atoms with van der Waals surface area (Å²) in [5, 5.41) is 14.9. The van der Waals surface area contributed by atoms with Crippen LogP contribution in [0, 0.1) is 0 Å². The Morgan fingerprint density at radius 3 is 2.65 bits per heavy atom. The Morgan fingerprint density at radius 2 is 2.10 bits per heavy atom. The van der Waals surface area contributed by atoms with Gasteiger partial charge in [0.1, 0.15) is 0 Å². The number of rotatable bonds is 4. The van der Waals surface area contributed by atoms with Gasteiger partial charge in [0.2, 0.25) is 5.91 Å². The highest BCUT2D eigenvalue weighted by molar-refractivity contribution is 9.10.